The van der Waals surface area contributed by atoms with Crippen molar-refractivity contribution in [3.8, 4) is 5.75 Å². The van der Waals surface area contributed by atoms with Crippen molar-refractivity contribution in [3.63, 3.8) is 0 Å². The Morgan fingerprint density at radius 3 is 2.86 bits per heavy atom. The fraction of sp³-hybridized carbons (Fsp3) is 0.471. The van der Waals surface area contributed by atoms with Crippen molar-refractivity contribution in [1.29, 1.82) is 0 Å². The van der Waals surface area contributed by atoms with Crippen LogP contribution in [0.5, 0.6) is 5.75 Å². The lowest BCUT2D eigenvalue weighted by atomic mass is 10.2. The SMILES string of the molecule is COc1ccc2cc(C(=O)OCCCN3CCCC3)sc2c1. The van der Waals surface area contributed by atoms with Gasteiger partial charge in [0.1, 0.15) is 10.6 Å². The predicted octanol–water partition coefficient (Wildman–Crippen LogP) is 3.55. The molecule has 0 unspecified atom stereocenters. The first-order valence-electron chi connectivity index (χ1n) is 7.73. The van der Waals surface area contributed by atoms with Crippen LogP contribution in [0.1, 0.15) is 28.9 Å². The molecule has 1 aromatic carbocycles. The summed E-state index contributed by atoms with van der Waals surface area (Å²) in [7, 11) is 1.64. The van der Waals surface area contributed by atoms with Crippen LogP contribution in [-0.2, 0) is 4.74 Å². The van der Waals surface area contributed by atoms with E-state index in [1.165, 1.54) is 37.3 Å². The van der Waals surface area contributed by atoms with Gasteiger partial charge in [-0.3, -0.25) is 0 Å². The van der Waals surface area contributed by atoms with Crippen LogP contribution in [0.3, 0.4) is 0 Å². The summed E-state index contributed by atoms with van der Waals surface area (Å²) in [5.74, 6) is 0.585. The first-order chi connectivity index (χ1) is 10.8. The van der Waals surface area contributed by atoms with E-state index < -0.39 is 0 Å². The second-order valence-electron chi connectivity index (χ2n) is 5.55. The molecule has 2 heterocycles. The van der Waals surface area contributed by atoms with Gasteiger partial charge in [-0.1, -0.05) is 0 Å². The van der Waals surface area contributed by atoms with Crippen molar-refractivity contribution >= 4 is 27.4 Å². The smallest absolute Gasteiger partial charge is 0.348 e. The molecular weight excluding hydrogens is 298 g/mol. The molecule has 1 aromatic heterocycles. The fourth-order valence-electron chi connectivity index (χ4n) is 2.77. The van der Waals surface area contributed by atoms with Gasteiger partial charge in [0, 0.05) is 11.2 Å². The highest BCUT2D eigenvalue weighted by atomic mass is 32.1. The van der Waals surface area contributed by atoms with E-state index in [2.05, 4.69) is 4.90 Å². The number of thiophene rings is 1. The number of likely N-dealkylation sites (tertiary alicyclic amines) is 1. The van der Waals surface area contributed by atoms with Crippen LogP contribution in [0.15, 0.2) is 24.3 Å². The molecule has 0 aliphatic carbocycles. The van der Waals surface area contributed by atoms with Crippen LogP contribution in [0.2, 0.25) is 0 Å². The highest BCUT2D eigenvalue weighted by Crippen LogP contribution is 2.29. The molecule has 3 rings (SSSR count). The van der Waals surface area contributed by atoms with Crippen LogP contribution in [0.4, 0.5) is 0 Å². The Labute approximate surface area is 134 Å². The minimum atomic E-state index is -0.221. The molecule has 118 valence electrons. The summed E-state index contributed by atoms with van der Waals surface area (Å²) in [6, 6.07) is 7.71. The first-order valence-corrected chi connectivity index (χ1v) is 8.55. The maximum atomic E-state index is 12.1. The third-order valence-electron chi connectivity index (χ3n) is 3.98. The number of hydrogen-bond acceptors (Lipinski definition) is 5. The van der Waals surface area contributed by atoms with Crippen LogP contribution in [-0.4, -0.2) is 44.2 Å². The molecule has 1 aliphatic heterocycles. The number of benzene rings is 1. The lowest BCUT2D eigenvalue weighted by molar-refractivity contribution is 0.0496. The summed E-state index contributed by atoms with van der Waals surface area (Å²) >= 11 is 1.45. The van der Waals surface area contributed by atoms with Crippen LogP contribution < -0.4 is 4.74 Å². The summed E-state index contributed by atoms with van der Waals surface area (Å²) in [5, 5.41) is 1.05. The van der Waals surface area contributed by atoms with Crippen molar-refractivity contribution in [2.24, 2.45) is 0 Å². The van der Waals surface area contributed by atoms with Crippen molar-refractivity contribution in [3.05, 3.63) is 29.1 Å². The molecule has 4 nitrogen and oxygen atoms in total. The van der Waals surface area contributed by atoms with Crippen LogP contribution >= 0.6 is 11.3 Å². The van der Waals surface area contributed by atoms with Crippen molar-refractivity contribution in [1.82, 2.24) is 4.90 Å². The fourth-order valence-corrected chi connectivity index (χ4v) is 3.75. The molecule has 0 amide bonds. The standard InChI is InChI=1S/C17H21NO3S/c1-20-14-6-5-13-11-16(22-15(13)12-14)17(19)21-10-4-9-18-7-2-3-8-18/h5-6,11-12H,2-4,7-10H2,1H3. The molecular formula is C17H21NO3S. The zero-order valence-corrected chi connectivity index (χ0v) is 13.7. The molecule has 0 spiro atoms. The normalized spacial score (nSPS) is 15.3. The van der Waals surface area contributed by atoms with Gasteiger partial charge in [0.05, 0.1) is 13.7 Å². The second kappa shape index (κ2) is 7.11. The Balaban J connectivity index is 1.53. The van der Waals surface area contributed by atoms with E-state index in [9.17, 15) is 4.79 Å². The molecule has 0 atom stereocenters. The molecule has 1 aliphatic rings. The van der Waals surface area contributed by atoms with Gasteiger partial charge in [-0.25, -0.2) is 4.79 Å². The Morgan fingerprint density at radius 1 is 1.27 bits per heavy atom. The third kappa shape index (κ3) is 3.59. The summed E-state index contributed by atoms with van der Waals surface area (Å²) in [5.41, 5.74) is 0. The number of rotatable bonds is 6. The summed E-state index contributed by atoms with van der Waals surface area (Å²) in [6.07, 6.45) is 3.50. The van der Waals surface area contributed by atoms with E-state index in [0.29, 0.717) is 11.5 Å². The third-order valence-corrected chi connectivity index (χ3v) is 5.06. The zero-order chi connectivity index (χ0) is 15.4. The molecule has 22 heavy (non-hydrogen) atoms. The second-order valence-corrected chi connectivity index (χ2v) is 6.64. The summed E-state index contributed by atoms with van der Waals surface area (Å²) in [6.45, 7) is 3.89. The van der Waals surface area contributed by atoms with Gasteiger partial charge in [0.25, 0.3) is 0 Å². The van der Waals surface area contributed by atoms with Crippen molar-refractivity contribution < 1.29 is 14.3 Å². The molecule has 1 saturated heterocycles. The first kappa shape index (κ1) is 15.3. The minimum Gasteiger partial charge on any atom is -0.497 e. The summed E-state index contributed by atoms with van der Waals surface area (Å²) in [4.78, 5) is 15.2. The lowest BCUT2D eigenvalue weighted by Gasteiger charge is -2.13. The lowest BCUT2D eigenvalue weighted by Crippen LogP contribution is -2.21. The quantitative estimate of drug-likeness (QED) is 0.603. The van der Waals surface area contributed by atoms with Gasteiger partial charge in [-0.2, -0.15) is 0 Å². The Kier molecular flexibility index (Phi) is 4.95. The Morgan fingerprint density at radius 2 is 2.09 bits per heavy atom. The van der Waals surface area contributed by atoms with Gasteiger partial charge < -0.3 is 14.4 Å². The number of fused-ring (bicyclic) bond motifs is 1. The molecule has 0 radical (unpaired) electrons. The van der Waals surface area contributed by atoms with Gasteiger partial charge in [-0.15, -0.1) is 11.3 Å². The highest BCUT2D eigenvalue weighted by Gasteiger charge is 2.14. The number of methoxy groups -OCH3 is 1. The van der Waals surface area contributed by atoms with E-state index in [1.807, 2.05) is 24.3 Å². The van der Waals surface area contributed by atoms with E-state index in [0.717, 1.165) is 28.8 Å². The number of ether oxygens (including phenoxy) is 2. The zero-order valence-electron chi connectivity index (χ0n) is 12.8. The monoisotopic (exact) mass is 319 g/mol. The number of esters is 1. The Hall–Kier alpha value is -1.59. The van der Waals surface area contributed by atoms with Gasteiger partial charge in [0.2, 0.25) is 0 Å². The molecule has 0 bridgehead atoms. The Bertz CT molecular complexity index is 646. The van der Waals surface area contributed by atoms with E-state index in [4.69, 9.17) is 9.47 Å². The maximum Gasteiger partial charge on any atom is 0.348 e. The average Bonchev–Trinajstić information content (AvgIpc) is 3.19. The highest BCUT2D eigenvalue weighted by molar-refractivity contribution is 7.20. The number of hydrogen-bond donors (Lipinski definition) is 0. The number of carbonyl (C=O) groups excluding carboxylic acids is 1. The molecule has 5 heteroatoms. The van der Waals surface area contributed by atoms with Gasteiger partial charge >= 0.3 is 5.97 Å². The predicted molar refractivity (Wildman–Crippen MR) is 89.0 cm³/mol. The van der Waals surface area contributed by atoms with E-state index in [-0.39, 0.29) is 5.97 Å². The van der Waals surface area contributed by atoms with Gasteiger partial charge in [0.15, 0.2) is 0 Å². The molecule has 0 N–H and O–H groups in total. The van der Waals surface area contributed by atoms with Crippen molar-refractivity contribution in [2.75, 3.05) is 33.4 Å². The molecule has 2 aromatic rings. The average molecular weight is 319 g/mol. The van der Waals surface area contributed by atoms with E-state index in [1.54, 1.807) is 7.11 Å². The largest absolute Gasteiger partial charge is 0.497 e. The molecule has 1 fully saturated rings. The van der Waals surface area contributed by atoms with E-state index >= 15 is 0 Å². The number of nitrogens with zero attached hydrogens (tertiary/aromatic N) is 1. The van der Waals surface area contributed by atoms with Crippen LogP contribution in [0.25, 0.3) is 10.1 Å². The molecule has 0 saturated carbocycles. The van der Waals surface area contributed by atoms with Gasteiger partial charge in [-0.05, 0) is 62.0 Å². The maximum absolute atomic E-state index is 12.1. The van der Waals surface area contributed by atoms with Crippen LogP contribution in [0, 0.1) is 0 Å². The summed E-state index contributed by atoms with van der Waals surface area (Å²) < 4.78 is 11.6. The number of carbonyl (C=O) groups is 1. The topological polar surface area (TPSA) is 38.8 Å². The minimum absolute atomic E-state index is 0.221. The van der Waals surface area contributed by atoms with Crippen molar-refractivity contribution in [2.45, 2.75) is 19.3 Å².